The van der Waals surface area contributed by atoms with E-state index in [0.29, 0.717) is 12.2 Å². The van der Waals surface area contributed by atoms with Gasteiger partial charge in [0.2, 0.25) is 0 Å². The average molecular weight is 464 g/mol. The maximum Gasteiger partial charge on any atom is 0.124 e. The van der Waals surface area contributed by atoms with E-state index in [-0.39, 0.29) is 5.41 Å². The molecule has 1 aliphatic heterocycles. The van der Waals surface area contributed by atoms with Crippen molar-refractivity contribution in [1.29, 1.82) is 0 Å². The molecule has 34 heavy (non-hydrogen) atoms. The third-order valence-corrected chi connectivity index (χ3v) is 6.80. The van der Waals surface area contributed by atoms with Crippen LogP contribution in [0.1, 0.15) is 31.7 Å². The number of hydrogen-bond acceptors (Lipinski definition) is 8. The number of nitrogens with zero attached hydrogens (tertiary/aromatic N) is 5. The number of likely N-dealkylation sites (N-methyl/N-ethyl adjacent to an activating group) is 2. The fraction of sp³-hybridized carbons (Fsp3) is 0.462. The van der Waals surface area contributed by atoms with E-state index in [1.54, 1.807) is 7.11 Å². The number of hydrogen-bond donors (Lipinski definition) is 2. The van der Waals surface area contributed by atoms with Crippen molar-refractivity contribution in [3.8, 4) is 0 Å². The van der Waals surface area contributed by atoms with Gasteiger partial charge in [-0.3, -0.25) is 9.97 Å². The summed E-state index contributed by atoms with van der Waals surface area (Å²) in [7, 11) is 7.81. The molecular formula is C26H37N7O. The zero-order chi connectivity index (χ0) is 24.7. The van der Waals surface area contributed by atoms with Crippen molar-refractivity contribution in [3.05, 3.63) is 71.3 Å². The molecule has 3 heterocycles. The summed E-state index contributed by atoms with van der Waals surface area (Å²) in [5.41, 5.74) is 18.2. The lowest BCUT2D eigenvalue weighted by atomic mass is 9.83. The molecule has 182 valence electrons. The van der Waals surface area contributed by atoms with Crippen molar-refractivity contribution < 1.29 is 4.74 Å². The van der Waals surface area contributed by atoms with E-state index in [1.165, 1.54) is 0 Å². The third kappa shape index (κ3) is 4.23. The van der Waals surface area contributed by atoms with Crippen LogP contribution in [0.4, 0.5) is 11.4 Å². The van der Waals surface area contributed by atoms with Crippen LogP contribution in [0, 0.1) is 0 Å². The Morgan fingerprint density at radius 2 is 1.88 bits per heavy atom. The molecular weight excluding hydrogens is 426 g/mol. The number of allylic oxidation sites excluding steroid dienone is 1. The number of rotatable bonds is 7. The van der Waals surface area contributed by atoms with Gasteiger partial charge in [-0.2, -0.15) is 0 Å². The van der Waals surface area contributed by atoms with Crippen LogP contribution in [0.2, 0.25) is 0 Å². The molecule has 0 aromatic carbocycles. The van der Waals surface area contributed by atoms with Gasteiger partial charge in [0.1, 0.15) is 11.3 Å². The van der Waals surface area contributed by atoms with Gasteiger partial charge in [0.25, 0.3) is 0 Å². The minimum atomic E-state index is -0.951. The van der Waals surface area contributed by atoms with Crippen molar-refractivity contribution in [2.75, 3.05) is 52.8 Å². The maximum absolute atomic E-state index is 7.00. The van der Waals surface area contributed by atoms with Crippen LogP contribution in [0.5, 0.6) is 0 Å². The van der Waals surface area contributed by atoms with Gasteiger partial charge in [-0.05, 0) is 38.4 Å². The SMILES string of the molecule is COC1=CC(N(C)CCN(C)C)=C(N)CC1(N)c1cc(N2CC(C)(C)c3ncccc32)ccn1. The van der Waals surface area contributed by atoms with Gasteiger partial charge in [-0.1, -0.05) is 13.8 Å². The monoisotopic (exact) mass is 463 g/mol. The molecule has 8 nitrogen and oxygen atoms in total. The van der Waals surface area contributed by atoms with E-state index in [4.69, 9.17) is 16.2 Å². The van der Waals surface area contributed by atoms with Crippen molar-refractivity contribution >= 4 is 11.4 Å². The standard InChI is InChI=1S/C26H37N7O/c1-25(2)17-33(20-8-7-10-30-24(20)25)18-9-11-29-22(14-18)26(28)16-19(27)21(15-23(26)34-6)32(5)13-12-31(3)4/h7-11,14-15H,12-13,16-17,27-28H2,1-6H3. The molecule has 8 heteroatoms. The topological polar surface area (TPSA) is 96.8 Å². The second-order valence-corrected chi connectivity index (χ2v) is 10.2. The third-order valence-electron chi connectivity index (χ3n) is 6.80. The van der Waals surface area contributed by atoms with Crippen molar-refractivity contribution in [3.63, 3.8) is 0 Å². The Kier molecular flexibility index (Phi) is 6.31. The average Bonchev–Trinajstić information content (AvgIpc) is 3.09. The molecule has 2 aromatic rings. The van der Waals surface area contributed by atoms with Gasteiger partial charge in [0, 0.05) is 68.4 Å². The Labute approximate surface area is 202 Å². The number of anilines is 2. The molecule has 0 saturated carbocycles. The van der Waals surface area contributed by atoms with Gasteiger partial charge < -0.3 is 30.9 Å². The van der Waals surface area contributed by atoms with Crippen LogP contribution >= 0.6 is 0 Å². The summed E-state index contributed by atoms with van der Waals surface area (Å²) < 4.78 is 5.82. The van der Waals surface area contributed by atoms with E-state index in [0.717, 1.165) is 53.8 Å². The molecule has 1 unspecified atom stereocenters. The van der Waals surface area contributed by atoms with E-state index in [2.05, 4.69) is 64.7 Å². The lowest BCUT2D eigenvalue weighted by Gasteiger charge is -2.37. The molecule has 0 saturated heterocycles. The van der Waals surface area contributed by atoms with E-state index in [9.17, 15) is 0 Å². The smallest absolute Gasteiger partial charge is 0.124 e. The van der Waals surface area contributed by atoms with Gasteiger partial charge in [-0.25, -0.2) is 0 Å². The second kappa shape index (κ2) is 8.92. The molecule has 1 atom stereocenters. The highest BCUT2D eigenvalue weighted by molar-refractivity contribution is 5.71. The number of methoxy groups -OCH3 is 1. The molecule has 2 aliphatic rings. The number of aromatic nitrogens is 2. The number of fused-ring (bicyclic) bond motifs is 1. The first-order valence-corrected chi connectivity index (χ1v) is 11.7. The fourth-order valence-corrected chi connectivity index (χ4v) is 4.86. The lowest BCUT2D eigenvalue weighted by Crippen LogP contribution is -2.45. The first-order chi connectivity index (χ1) is 16.1. The van der Waals surface area contributed by atoms with Crippen LogP contribution in [-0.2, 0) is 15.7 Å². The second-order valence-electron chi connectivity index (χ2n) is 10.2. The molecule has 0 radical (unpaired) electrons. The molecule has 0 spiro atoms. The Bertz CT molecular complexity index is 1120. The zero-order valence-electron chi connectivity index (χ0n) is 21.2. The summed E-state index contributed by atoms with van der Waals surface area (Å²) in [6.45, 7) is 7.04. The van der Waals surface area contributed by atoms with Crippen LogP contribution in [0.25, 0.3) is 0 Å². The molecule has 4 N–H and O–H groups in total. The predicted molar refractivity (Wildman–Crippen MR) is 136 cm³/mol. The van der Waals surface area contributed by atoms with Gasteiger partial charge in [0.15, 0.2) is 0 Å². The normalized spacial score (nSPS) is 21.5. The molecule has 0 fully saturated rings. The Morgan fingerprint density at radius 1 is 1.12 bits per heavy atom. The first kappa shape index (κ1) is 24.0. The minimum absolute atomic E-state index is 0.0535. The summed E-state index contributed by atoms with van der Waals surface area (Å²) in [5.74, 6) is 0.655. The number of ether oxygens (including phenoxy) is 1. The Morgan fingerprint density at radius 3 is 2.59 bits per heavy atom. The van der Waals surface area contributed by atoms with E-state index < -0.39 is 5.54 Å². The quantitative estimate of drug-likeness (QED) is 0.647. The summed E-state index contributed by atoms with van der Waals surface area (Å²) >= 11 is 0. The summed E-state index contributed by atoms with van der Waals surface area (Å²) in [5, 5.41) is 0. The minimum Gasteiger partial charge on any atom is -0.499 e. The molecule has 1 aliphatic carbocycles. The van der Waals surface area contributed by atoms with E-state index in [1.807, 2.05) is 37.7 Å². The Hall–Kier alpha value is -3.10. The van der Waals surface area contributed by atoms with Crippen molar-refractivity contribution in [2.24, 2.45) is 11.5 Å². The Balaban J connectivity index is 1.67. The number of nitrogens with two attached hydrogens (primary N) is 2. The van der Waals surface area contributed by atoms with Gasteiger partial charge >= 0.3 is 0 Å². The van der Waals surface area contributed by atoms with Crippen LogP contribution < -0.4 is 16.4 Å². The van der Waals surface area contributed by atoms with Crippen molar-refractivity contribution in [1.82, 2.24) is 19.8 Å². The zero-order valence-corrected chi connectivity index (χ0v) is 21.2. The van der Waals surface area contributed by atoms with Crippen LogP contribution in [0.3, 0.4) is 0 Å². The van der Waals surface area contributed by atoms with Gasteiger partial charge in [0.05, 0.1) is 29.9 Å². The summed E-state index contributed by atoms with van der Waals surface area (Å²) in [6, 6.07) is 8.17. The largest absolute Gasteiger partial charge is 0.499 e. The van der Waals surface area contributed by atoms with Crippen LogP contribution in [0.15, 0.2) is 59.9 Å². The molecule has 0 amide bonds. The summed E-state index contributed by atoms with van der Waals surface area (Å²) in [4.78, 5) is 15.9. The molecule has 0 bridgehead atoms. The number of pyridine rings is 2. The molecule has 4 rings (SSSR count). The highest BCUT2D eigenvalue weighted by atomic mass is 16.5. The predicted octanol–water partition coefficient (Wildman–Crippen LogP) is 2.66. The van der Waals surface area contributed by atoms with E-state index >= 15 is 0 Å². The maximum atomic E-state index is 7.00. The molecule has 2 aromatic heterocycles. The summed E-state index contributed by atoms with van der Waals surface area (Å²) in [6.07, 6.45) is 6.05. The fourth-order valence-electron chi connectivity index (χ4n) is 4.86. The van der Waals surface area contributed by atoms with Crippen molar-refractivity contribution in [2.45, 2.75) is 31.2 Å². The van der Waals surface area contributed by atoms with Crippen LogP contribution in [-0.4, -0.2) is 67.7 Å². The first-order valence-electron chi connectivity index (χ1n) is 11.7. The highest BCUT2D eigenvalue weighted by Crippen LogP contribution is 2.44. The van der Waals surface area contributed by atoms with Gasteiger partial charge in [-0.15, -0.1) is 0 Å². The lowest BCUT2D eigenvalue weighted by molar-refractivity contribution is 0.208. The highest BCUT2D eigenvalue weighted by Gasteiger charge is 2.41.